The summed E-state index contributed by atoms with van der Waals surface area (Å²) in [7, 11) is 0. The van der Waals surface area contributed by atoms with Gasteiger partial charge in [0, 0.05) is 24.7 Å². The maximum Gasteiger partial charge on any atom is 0.227 e. The minimum absolute atomic E-state index is 0.00539. The normalized spacial score (nSPS) is 19.7. The van der Waals surface area contributed by atoms with Crippen LogP contribution in [0.2, 0.25) is 0 Å². The second-order valence-electron chi connectivity index (χ2n) is 5.71. The molecule has 21 heavy (non-hydrogen) atoms. The molecule has 1 aliphatic rings. The Bertz CT molecular complexity index is 527. The molecule has 2 amide bonds. The first-order valence-electron chi connectivity index (χ1n) is 7.75. The Kier molecular flexibility index (Phi) is 4.99. The number of nitrogens with zero attached hydrogens (tertiary/aromatic N) is 1. The summed E-state index contributed by atoms with van der Waals surface area (Å²) in [4.78, 5) is 26.2. The van der Waals surface area contributed by atoms with Crippen LogP contribution in [0.15, 0.2) is 24.3 Å². The Balaban J connectivity index is 2.11. The zero-order valence-electron chi connectivity index (χ0n) is 13.1. The van der Waals surface area contributed by atoms with E-state index < -0.39 is 0 Å². The first kappa shape index (κ1) is 15.5. The highest BCUT2D eigenvalue weighted by Crippen LogP contribution is 2.28. The van der Waals surface area contributed by atoms with E-state index in [0.717, 1.165) is 24.1 Å². The van der Waals surface area contributed by atoms with Crippen molar-refractivity contribution in [1.82, 2.24) is 5.32 Å². The third kappa shape index (κ3) is 3.43. The molecule has 0 aliphatic carbocycles. The van der Waals surface area contributed by atoms with Gasteiger partial charge in [-0.1, -0.05) is 32.0 Å². The molecule has 0 spiro atoms. The van der Waals surface area contributed by atoms with Gasteiger partial charge in [-0.05, 0) is 31.4 Å². The summed E-state index contributed by atoms with van der Waals surface area (Å²) in [5, 5.41) is 2.97. The Morgan fingerprint density at radius 3 is 2.76 bits per heavy atom. The van der Waals surface area contributed by atoms with E-state index in [1.807, 2.05) is 38.1 Å². The van der Waals surface area contributed by atoms with Crippen molar-refractivity contribution in [1.29, 1.82) is 0 Å². The molecule has 4 nitrogen and oxygen atoms in total. The van der Waals surface area contributed by atoms with Crippen LogP contribution in [0.1, 0.15) is 39.2 Å². The minimum Gasteiger partial charge on any atom is -0.353 e. The van der Waals surface area contributed by atoms with Crippen LogP contribution in [0.5, 0.6) is 0 Å². The van der Waals surface area contributed by atoms with E-state index in [4.69, 9.17) is 0 Å². The number of hydrogen-bond donors (Lipinski definition) is 1. The van der Waals surface area contributed by atoms with Crippen LogP contribution >= 0.6 is 0 Å². The number of benzene rings is 1. The van der Waals surface area contributed by atoms with Gasteiger partial charge in [-0.3, -0.25) is 9.59 Å². The van der Waals surface area contributed by atoms with Gasteiger partial charge in [0.25, 0.3) is 0 Å². The van der Waals surface area contributed by atoms with Gasteiger partial charge < -0.3 is 10.2 Å². The number of amides is 2. The third-order valence-electron chi connectivity index (χ3n) is 4.16. The zero-order chi connectivity index (χ0) is 15.4. The molecular formula is C17H24N2O2. The number of nitrogens with one attached hydrogen (secondary N) is 1. The van der Waals surface area contributed by atoms with Gasteiger partial charge in [-0.25, -0.2) is 0 Å². The molecule has 0 bridgehead atoms. The van der Waals surface area contributed by atoms with Crippen LogP contribution in [0.25, 0.3) is 0 Å². The summed E-state index contributed by atoms with van der Waals surface area (Å²) >= 11 is 0. The monoisotopic (exact) mass is 288 g/mol. The first-order chi connectivity index (χ1) is 10.1. The van der Waals surface area contributed by atoms with Crippen LogP contribution in [0.3, 0.4) is 0 Å². The largest absolute Gasteiger partial charge is 0.353 e. The van der Waals surface area contributed by atoms with Gasteiger partial charge >= 0.3 is 0 Å². The minimum atomic E-state index is -0.239. The van der Waals surface area contributed by atoms with Crippen molar-refractivity contribution in [2.45, 2.75) is 46.1 Å². The van der Waals surface area contributed by atoms with E-state index >= 15 is 0 Å². The highest BCUT2D eigenvalue weighted by Gasteiger charge is 2.35. The van der Waals surface area contributed by atoms with Crippen LogP contribution < -0.4 is 10.2 Å². The van der Waals surface area contributed by atoms with E-state index in [9.17, 15) is 9.59 Å². The highest BCUT2D eigenvalue weighted by atomic mass is 16.2. The Labute approximate surface area is 126 Å². The van der Waals surface area contributed by atoms with Crippen molar-refractivity contribution in [3.8, 4) is 0 Å². The van der Waals surface area contributed by atoms with Crippen LogP contribution in [-0.4, -0.2) is 24.4 Å². The van der Waals surface area contributed by atoms with Crippen molar-refractivity contribution in [2.24, 2.45) is 5.92 Å². The van der Waals surface area contributed by atoms with E-state index in [0.29, 0.717) is 13.0 Å². The Hall–Kier alpha value is -1.84. The number of anilines is 1. The van der Waals surface area contributed by atoms with Crippen molar-refractivity contribution < 1.29 is 9.59 Å². The van der Waals surface area contributed by atoms with Gasteiger partial charge in [0.15, 0.2) is 0 Å². The lowest BCUT2D eigenvalue weighted by atomic mass is 10.1. The average molecular weight is 288 g/mol. The summed E-state index contributed by atoms with van der Waals surface area (Å²) < 4.78 is 0. The summed E-state index contributed by atoms with van der Waals surface area (Å²) in [5.41, 5.74) is 2.10. The summed E-state index contributed by atoms with van der Waals surface area (Å²) in [5.74, 6) is -0.203. The first-order valence-corrected chi connectivity index (χ1v) is 7.75. The standard InChI is InChI=1S/C17H24N2O2/c1-4-12(3)18-17(21)14-10-16(20)19(11-14)15-9-7-6-8-13(15)5-2/h6-9,12,14H,4-5,10-11H2,1-3H3,(H,18,21). The fourth-order valence-corrected chi connectivity index (χ4v) is 2.65. The van der Waals surface area contributed by atoms with E-state index in [-0.39, 0.29) is 23.8 Å². The van der Waals surface area contributed by atoms with Gasteiger partial charge in [0.05, 0.1) is 5.92 Å². The molecule has 1 N–H and O–H groups in total. The Morgan fingerprint density at radius 1 is 1.38 bits per heavy atom. The number of carbonyl (C=O) groups excluding carboxylic acids is 2. The van der Waals surface area contributed by atoms with E-state index in [1.54, 1.807) is 4.90 Å². The predicted octanol–water partition coefficient (Wildman–Crippen LogP) is 2.52. The predicted molar refractivity (Wildman–Crippen MR) is 84.2 cm³/mol. The lowest BCUT2D eigenvalue weighted by Crippen LogP contribution is -2.38. The van der Waals surface area contributed by atoms with Gasteiger partial charge in [0.1, 0.15) is 0 Å². The van der Waals surface area contributed by atoms with Crippen LogP contribution in [-0.2, 0) is 16.0 Å². The van der Waals surface area contributed by atoms with Crippen molar-refractivity contribution >= 4 is 17.5 Å². The Morgan fingerprint density at radius 2 is 2.10 bits per heavy atom. The molecule has 0 radical (unpaired) electrons. The molecular weight excluding hydrogens is 264 g/mol. The molecule has 1 aliphatic heterocycles. The van der Waals surface area contributed by atoms with E-state index in [2.05, 4.69) is 12.2 Å². The molecule has 4 heteroatoms. The molecule has 2 atom stereocenters. The maximum atomic E-state index is 12.3. The second kappa shape index (κ2) is 6.74. The molecule has 1 heterocycles. The van der Waals surface area contributed by atoms with Crippen molar-refractivity contribution in [2.75, 3.05) is 11.4 Å². The summed E-state index contributed by atoms with van der Waals surface area (Å²) in [6.45, 7) is 6.58. The van der Waals surface area contributed by atoms with Gasteiger partial charge in [-0.15, -0.1) is 0 Å². The molecule has 0 saturated carbocycles. The number of carbonyl (C=O) groups is 2. The average Bonchev–Trinajstić information content (AvgIpc) is 2.89. The second-order valence-corrected chi connectivity index (χ2v) is 5.71. The van der Waals surface area contributed by atoms with Crippen molar-refractivity contribution in [3.05, 3.63) is 29.8 Å². The third-order valence-corrected chi connectivity index (χ3v) is 4.16. The molecule has 0 aromatic heterocycles. The van der Waals surface area contributed by atoms with Gasteiger partial charge in [-0.2, -0.15) is 0 Å². The lowest BCUT2D eigenvalue weighted by molar-refractivity contribution is -0.126. The molecule has 2 rings (SSSR count). The van der Waals surface area contributed by atoms with Gasteiger partial charge in [0.2, 0.25) is 11.8 Å². The van der Waals surface area contributed by atoms with E-state index in [1.165, 1.54) is 0 Å². The lowest BCUT2D eigenvalue weighted by Gasteiger charge is -2.20. The summed E-state index contributed by atoms with van der Waals surface area (Å²) in [6, 6.07) is 8.08. The fraction of sp³-hybridized carbons (Fsp3) is 0.529. The molecule has 2 unspecified atom stereocenters. The molecule has 114 valence electrons. The fourth-order valence-electron chi connectivity index (χ4n) is 2.65. The zero-order valence-corrected chi connectivity index (χ0v) is 13.1. The maximum absolute atomic E-state index is 12.3. The molecule has 1 saturated heterocycles. The van der Waals surface area contributed by atoms with Crippen LogP contribution in [0.4, 0.5) is 5.69 Å². The number of rotatable bonds is 5. The molecule has 1 aromatic carbocycles. The number of hydrogen-bond acceptors (Lipinski definition) is 2. The quantitative estimate of drug-likeness (QED) is 0.905. The highest BCUT2D eigenvalue weighted by molar-refractivity contribution is 6.00. The molecule has 1 aromatic rings. The molecule has 1 fully saturated rings. The topological polar surface area (TPSA) is 49.4 Å². The smallest absolute Gasteiger partial charge is 0.227 e. The van der Waals surface area contributed by atoms with Crippen LogP contribution in [0, 0.1) is 5.92 Å². The van der Waals surface area contributed by atoms with Crippen molar-refractivity contribution in [3.63, 3.8) is 0 Å². The summed E-state index contributed by atoms with van der Waals surface area (Å²) in [6.07, 6.45) is 2.08. The number of para-hydroxylation sites is 1. The SMILES string of the molecule is CCc1ccccc1N1CC(C(=O)NC(C)CC)CC1=O. The number of aryl methyl sites for hydroxylation is 1.